The van der Waals surface area contributed by atoms with Crippen molar-refractivity contribution in [2.45, 2.75) is 13.8 Å². The Labute approximate surface area is 146 Å². The Kier molecular flexibility index (Phi) is 4.88. The summed E-state index contributed by atoms with van der Waals surface area (Å²) in [6.07, 6.45) is 0. The van der Waals surface area contributed by atoms with Gasteiger partial charge in [0.05, 0.1) is 0 Å². The number of carbonyl (C=O) groups is 2. The Hall–Kier alpha value is -3.02. The molecule has 0 fully saturated rings. The zero-order valence-electron chi connectivity index (χ0n) is 14.2. The number of rotatable bonds is 4. The first-order valence-electron chi connectivity index (χ1n) is 8.15. The molecule has 0 aliphatic carbocycles. The quantitative estimate of drug-likeness (QED) is 0.895. The van der Waals surface area contributed by atoms with E-state index in [1.807, 2.05) is 13.8 Å². The van der Waals surface area contributed by atoms with E-state index in [0.717, 1.165) is 0 Å². The smallest absolute Gasteiger partial charge is 0.255 e. The molecule has 25 heavy (non-hydrogen) atoms. The predicted octanol–water partition coefficient (Wildman–Crippen LogP) is 3.30. The highest BCUT2D eigenvalue weighted by Crippen LogP contribution is 2.31. The minimum Gasteiger partial charge on any atom is -0.486 e. The lowest BCUT2D eigenvalue weighted by Gasteiger charge is -2.18. The minimum atomic E-state index is -0.260. The molecule has 0 atom stereocenters. The van der Waals surface area contributed by atoms with Crippen molar-refractivity contribution in [3.8, 4) is 11.5 Å². The van der Waals surface area contributed by atoms with Crippen LogP contribution in [-0.4, -0.2) is 25.0 Å². The van der Waals surface area contributed by atoms with Crippen LogP contribution in [-0.2, 0) is 4.79 Å². The van der Waals surface area contributed by atoms with Crippen LogP contribution in [0, 0.1) is 5.92 Å². The first-order chi connectivity index (χ1) is 12.0. The maximum atomic E-state index is 12.4. The highest BCUT2D eigenvalue weighted by Gasteiger charge is 2.15. The van der Waals surface area contributed by atoms with E-state index in [9.17, 15) is 9.59 Å². The van der Waals surface area contributed by atoms with Gasteiger partial charge in [-0.2, -0.15) is 0 Å². The van der Waals surface area contributed by atoms with E-state index in [2.05, 4.69) is 10.6 Å². The van der Waals surface area contributed by atoms with Crippen molar-refractivity contribution in [1.82, 2.24) is 0 Å². The fourth-order valence-electron chi connectivity index (χ4n) is 2.35. The number of ether oxygens (including phenoxy) is 2. The zero-order valence-corrected chi connectivity index (χ0v) is 14.2. The van der Waals surface area contributed by atoms with Crippen molar-refractivity contribution >= 4 is 23.2 Å². The van der Waals surface area contributed by atoms with Gasteiger partial charge in [0.25, 0.3) is 5.91 Å². The molecule has 1 aliphatic rings. The molecule has 0 bridgehead atoms. The van der Waals surface area contributed by atoms with Crippen LogP contribution in [0.15, 0.2) is 42.5 Å². The molecule has 1 aliphatic heterocycles. The number of hydrogen-bond acceptors (Lipinski definition) is 4. The summed E-state index contributed by atoms with van der Waals surface area (Å²) < 4.78 is 10.9. The van der Waals surface area contributed by atoms with Gasteiger partial charge in [0.15, 0.2) is 11.5 Å². The van der Waals surface area contributed by atoms with Crippen molar-refractivity contribution in [2.24, 2.45) is 5.92 Å². The van der Waals surface area contributed by atoms with Crippen LogP contribution in [0.25, 0.3) is 0 Å². The zero-order chi connectivity index (χ0) is 17.8. The van der Waals surface area contributed by atoms with Crippen LogP contribution in [0.5, 0.6) is 11.5 Å². The van der Waals surface area contributed by atoms with Gasteiger partial charge in [-0.25, -0.2) is 0 Å². The maximum Gasteiger partial charge on any atom is 0.255 e. The molecule has 0 aromatic heterocycles. The highest BCUT2D eigenvalue weighted by molar-refractivity contribution is 6.05. The van der Waals surface area contributed by atoms with Crippen LogP contribution in [0.1, 0.15) is 24.2 Å². The topological polar surface area (TPSA) is 76.7 Å². The lowest BCUT2D eigenvalue weighted by molar-refractivity contribution is -0.118. The fraction of sp³-hybridized carbons (Fsp3) is 0.263. The van der Waals surface area contributed by atoms with Crippen LogP contribution in [0.3, 0.4) is 0 Å². The lowest BCUT2D eigenvalue weighted by Crippen LogP contribution is -2.18. The van der Waals surface area contributed by atoms with Crippen LogP contribution >= 0.6 is 0 Å². The van der Waals surface area contributed by atoms with Crippen molar-refractivity contribution in [2.75, 3.05) is 23.8 Å². The van der Waals surface area contributed by atoms with Crippen LogP contribution in [0.4, 0.5) is 11.4 Å². The van der Waals surface area contributed by atoms with Crippen LogP contribution < -0.4 is 20.1 Å². The first-order valence-corrected chi connectivity index (χ1v) is 8.15. The highest BCUT2D eigenvalue weighted by atomic mass is 16.6. The van der Waals surface area contributed by atoms with Gasteiger partial charge in [-0.15, -0.1) is 0 Å². The number of nitrogens with one attached hydrogen (secondary N) is 2. The van der Waals surface area contributed by atoms with Gasteiger partial charge < -0.3 is 20.1 Å². The van der Waals surface area contributed by atoms with E-state index in [-0.39, 0.29) is 17.7 Å². The van der Waals surface area contributed by atoms with Crippen molar-refractivity contribution in [1.29, 1.82) is 0 Å². The summed E-state index contributed by atoms with van der Waals surface area (Å²) in [7, 11) is 0. The monoisotopic (exact) mass is 340 g/mol. The number of anilines is 2. The Morgan fingerprint density at radius 2 is 1.60 bits per heavy atom. The number of amides is 2. The van der Waals surface area contributed by atoms with Crippen molar-refractivity contribution < 1.29 is 19.1 Å². The third kappa shape index (κ3) is 4.09. The SMILES string of the molecule is CC(C)C(=O)Nc1cccc(NC(=O)c2ccc3c(c2)OCCO3)c1. The number of hydrogen-bond donors (Lipinski definition) is 2. The van der Waals surface area contributed by atoms with E-state index in [1.165, 1.54) is 0 Å². The molecule has 2 aromatic rings. The van der Waals surface area contributed by atoms with Crippen molar-refractivity contribution in [3.63, 3.8) is 0 Å². The van der Waals surface area contributed by atoms with Crippen LogP contribution in [0.2, 0.25) is 0 Å². The summed E-state index contributed by atoms with van der Waals surface area (Å²) in [5.74, 6) is 0.758. The van der Waals surface area contributed by atoms with E-state index < -0.39 is 0 Å². The third-order valence-electron chi connectivity index (χ3n) is 3.72. The molecule has 2 amide bonds. The second kappa shape index (κ2) is 7.25. The Morgan fingerprint density at radius 1 is 0.920 bits per heavy atom. The van der Waals surface area contributed by atoms with Gasteiger partial charge in [0.1, 0.15) is 13.2 Å². The van der Waals surface area contributed by atoms with Gasteiger partial charge in [0, 0.05) is 22.9 Å². The summed E-state index contributed by atoms with van der Waals surface area (Å²) in [6.45, 7) is 4.62. The van der Waals surface area contributed by atoms with E-state index in [4.69, 9.17) is 9.47 Å². The largest absolute Gasteiger partial charge is 0.486 e. The molecule has 0 saturated carbocycles. The van der Waals surface area contributed by atoms with Gasteiger partial charge in [-0.3, -0.25) is 9.59 Å². The Bertz CT molecular complexity index is 802. The summed E-state index contributed by atoms with van der Waals surface area (Å²) in [4.78, 5) is 24.2. The second-order valence-electron chi connectivity index (χ2n) is 6.04. The molecule has 6 heteroatoms. The summed E-state index contributed by atoms with van der Waals surface area (Å²) >= 11 is 0. The molecule has 2 N–H and O–H groups in total. The average molecular weight is 340 g/mol. The molecule has 0 spiro atoms. The summed E-state index contributed by atoms with van der Waals surface area (Å²) in [5.41, 5.74) is 1.71. The normalized spacial score (nSPS) is 12.6. The fourth-order valence-corrected chi connectivity index (χ4v) is 2.35. The average Bonchev–Trinajstić information content (AvgIpc) is 2.61. The molecular formula is C19H20N2O4. The maximum absolute atomic E-state index is 12.4. The third-order valence-corrected chi connectivity index (χ3v) is 3.72. The Morgan fingerprint density at radius 3 is 2.32 bits per heavy atom. The number of fused-ring (bicyclic) bond motifs is 1. The second-order valence-corrected chi connectivity index (χ2v) is 6.04. The lowest BCUT2D eigenvalue weighted by atomic mass is 10.1. The van der Waals surface area contributed by atoms with Crippen molar-refractivity contribution in [3.05, 3.63) is 48.0 Å². The van der Waals surface area contributed by atoms with Gasteiger partial charge >= 0.3 is 0 Å². The summed E-state index contributed by atoms with van der Waals surface area (Å²) in [6, 6.07) is 12.1. The van der Waals surface area contributed by atoms with E-state index >= 15 is 0 Å². The molecule has 3 rings (SSSR count). The molecule has 0 radical (unpaired) electrons. The molecule has 1 heterocycles. The molecule has 130 valence electrons. The van der Waals surface area contributed by atoms with Gasteiger partial charge in [0.2, 0.25) is 5.91 Å². The summed E-state index contributed by atoms with van der Waals surface area (Å²) in [5, 5.41) is 5.63. The Balaban J connectivity index is 1.71. The number of benzene rings is 2. The van der Waals surface area contributed by atoms with Gasteiger partial charge in [-0.05, 0) is 36.4 Å². The number of carbonyl (C=O) groups excluding carboxylic acids is 2. The standard InChI is InChI=1S/C19H20N2O4/c1-12(2)18(22)20-14-4-3-5-15(11-14)21-19(23)13-6-7-16-17(10-13)25-9-8-24-16/h3-7,10-12H,8-9H2,1-2H3,(H,20,22)(H,21,23). The molecule has 0 unspecified atom stereocenters. The minimum absolute atomic E-state index is 0.0738. The van der Waals surface area contributed by atoms with Gasteiger partial charge in [-0.1, -0.05) is 19.9 Å². The molecule has 2 aromatic carbocycles. The van der Waals surface area contributed by atoms with E-state index in [0.29, 0.717) is 41.7 Å². The first kappa shape index (κ1) is 16.8. The predicted molar refractivity (Wildman–Crippen MR) is 95.3 cm³/mol. The molecule has 0 saturated heterocycles. The molecule has 6 nitrogen and oxygen atoms in total. The van der Waals surface area contributed by atoms with E-state index in [1.54, 1.807) is 42.5 Å². The molecular weight excluding hydrogens is 320 g/mol.